The third-order valence-corrected chi connectivity index (χ3v) is 5.24. The fraction of sp³-hybridized carbons (Fsp3) is 0.250. The highest BCUT2D eigenvalue weighted by atomic mass is 32.2. The van der Waals surface area contributed by atoms with Gasteiger partial charge in [-0.05, 0) is 37.1 Å². The zero-order chi connectivity index (χ0) is 12.8. The normalized spacial score (nSPS) is 15.8. The van der Waals surface area contributed by atoms with Gasteiger partial charge in [0.05, 0.1) is 10.1 Å². The van der Waals surface area contributed by atoms with Crippen LogP contribution in [0.1, 0.15) is 12.8 Å². The average molecular weight is 264 g/mol. The molecule has 1 heterocycles. The molecule has 1 fully saturated rings. The molecule has 0 aliphatic heterocycles. The molecule has 3 rings (SSSR count). The molecule has 0 unspecified atom stereocenters. The Morgan fingerprint density at radius 3 is 2.39 bits per heavy atom. The Morgan fingerprint density at radius 1 is 1.22 bits per heavy atom. The first-order chi connectivity index (χ1) is 8.57. The topological polar surface area (TPSA) is 86.2 Å². The lowest BCUT2D eigenvalue weighted by atomic mass is 10.2. The van der Waals surface area contributed by atoms with Crippen LogP contribution in [0.2, 0.25) is 0 Å². The summed E-state index contributed by atoms with van der Waals surface area (Å²) in [4.78, 5) is 0.362. The van der Waals surface area contributed by atoms with Crippen molar-refractivity contribution >= 4 is 15.7 Å². The number of benzene rings is 1. The van der Waals surface area contributed by atoms with Gasteiger partial charge in [0.25, 0.3) is 0 Å². The summed E-state index contributed by atoms with van der Waals surface area (Å²) in [5.74, 6) is 0.836. The van der Waals surface area contributed by atoms with E-state index in [4.69, 9.17) is 10.3 Å². The van der Waals surface area contributed by atoms with Crippen molar-refractivity contribution in [3.8, 4) is 11.3 Å². The van der Waals surface area contributed by atoms with Crippen LogP contribution in [0.25, 0.3) is 11.3 Å². The number of nitrogens with two attached hydrogens (primary N) is 1. The quantitative estimate of drug-likeness (QED) is 0.914. The Balaban J connectivity index is 1.94. The van der Waals surface area contributed by atoms with Crippen LogP contribution < -0.4 is 5.73 Å². The summed E-state index contributed by atoms with van der Waals surface area (Å²) >= 11 is 0. The van der Waals surface area contributed by atoms with Crippen LogP contribution in [0.15, 0.2) is 39.8 Å². The van der Waals surface area contributed by atoms with Crippen molar-refractivity contribution in [2.45, 2.75) is 23.0 Å². The maximum Gasteiger partial charge on any atom is 0.181 e. The van der Waals surface area contributed by atoms with Crippen LogP contribution in [0.5, 0.6) is 0 Å². The van der Waals surface area contributed by atoms with Crippen LogP contribution in [0.4, 0.5) is 5.82 Å². The van der Waals surface area contributed by atoms with Crippen molar-refractivity contribution in [3.05, 3.63) is 30.3 Å². The van der Waals surface area contributed by atoms with E-state index in [0.29, 0.717) is 16.5 Å². The maximum atomic E-state index is 12.0. The highest BCUT2D eigenvalue weighted by molar-refractivity contribution is 7.92. The van der Waals surface area contributed by atoms with Gasteiger partial charge in [-0.3, -0.25) is 0 Å². The van der Waals surface area contributed by atoms with Gasteiger partial charge in [-0.25, -0.2) is 8.42 Å². The predicted molar refractivity (Wildman–Crippen MR) is 66.6 cm³/mol. The van der Waals surface area contributed by atoms with Gasteiger partial charge in [0, 0.05) is 11.6 Å². The first-order valence-electron chi connectivity index (χ1n) is 5.64. The van der Waals surface area contributed by atoms with E-state index in [1.54, 1.807) is 30.3 Å². The Morgan fingerprint density at radius 2 is 1.89 bits per heavy atom. The first kappa shape index (κ1) is 11.3. The van der Waals surface area contributed by atoms with Crippen LogP contribution >= 0.6 is 0 Å². The molecule has 0 saturated heterocycles. The summed E-state index contributed by atoms with van der Waals surface area (Å²) in [6.07, 6.45) is 1.53. The van der Waals surface area contributed by atoms with Crippen LogP contribution in [0, 0.1) is 0 Å². The Bertz CT molecular complexity index is 670. The van der Waals surface area contributed by atoms with Gasteiger partial charge in [0.1, 0.15) is 0 Å². The molecule has 0 amide bonds. The lowest BCUT2D eigenvalue weighted by Gasteiger charge is -2.02. The third kappa shape index (κ3) is 1.88. The number of aromatic nitrogens is 1. The van der Waals surface area contributed by atoms with E-state index >= 15 is 0 Å². The van der Waals surface area contributed by atoms with Crippen molar-refractivity contribution in [1.29, 1.82) is 0 Å². The number of anilines is 1. The number of rotatable bonds is 3. The lowest BCUT2D eigenvalue weighted by molar-refractivity contribution is 0.436. The van der Waals surface area contributed by atoms with Crippen molar-refractivity contribution in [3.63, 3.8) is 0 Å². The van der Waals surface area contributed by atoms with Crippen LogP contribution in [-0.4, -0.2) is 18.8 Å². The summed E-state index contributed by atoms with van der Waals surface area (Å²) in [5, 5.41) is 3.40. The van der Waals surface area contributed by atoms with Gasteiger partial charge in [0.2, 0.25) is 0 Å². The van der Waals surface area contributed by atoms with E-state index in [1.165, 1.54) is 0 Å². The Hall–Kier alpha value is -1.82. The lowest BCUT2D eigenvalue weighted by Crippen LogP contribution is -2.06. The zero-order valence-corrected chi connectivity index (χ0v) is 10.4. The molecule has 94 valence electrons. The number of nitrogens with zero attached hydrogens (tertiary/aromatic N) is 1. The van der Waals surface area contributed by atoms with E-state index < -0.39 is 9.84 Å². The smallest absolute Gasteiger partial charge is 0.181 e. The monoisotopic (exact) mass is 264 g/mol. The van der Waals surface area contributed by atoms with Crippen LogP contribution in [-0.2, 0) is 9.84 Å². The second kappa shape index (κ2) is 3.84. The van der Waals surface area contributed by atoms with Crippen LogP contribution in [0.3, 0.4) is 0 Å². The first-order valence-corrected chi connectivity index (χ1v) is 7.18. The molecule has 1 saturated carbocycles. The molecule has 1 aliphatic carbocycles. The predicted octanol–water partition coefficient (Wildman–Crippen LogP) is 1.86. The molecule has 1 aromatic heterocycles. The summed E-state index contributed by atoms with van der Waals surface area (Å²) < 4.78 is 29.0. The second-order valence-corrected chi connectivity index (χ2v) is 6.61. The molecule has 2 aromatic rings. The van der Waals surface area contributed by atoms with E-state index in [2.05, 4.69) is 5.16 Å². The minimum absolute atomic E-state index is 0.190. The number of hydrogen-bond donors (Lipinski definition) is 1. The highest BCUT2D eigenvalue weighted by Crippen LogP contribution is 2.34. The van der Waals surface area contributed by atoms with E-state index in [-0.39, 0.29) is 5.25 Å². The standard InChI is InChI=1S/C12H12N2O3S/c13-12-7-11(17-14-12)8-1-3-9(4-2-8)18(15,16)10-5-6-10/h1-4,7,10H,5-6H2,(H2,13,14). The Kier molecular flexibility index (Phi) is 2.41. The molecule has 0 spiro atoms. The van der Waals surface area contributed by atoms with Gasteiger partial charge < -0.3 is 10.3 Å². The van der Waals surface area contributed by atoms with Crippen molar-refractivity contribution in [2.75, 3.05) is 5.73 Å². The summed E-state index contributed by atoms with van der Waals surface area (Å²) in [5.41, 5.74) is 6.22. The average Bonchev–Trinajstić information content (AvgIpc) is 3.13. The highest BCUT2D eigenvalue weighted by Gasteiger charge is 2.36. The SMILES string of the molecule is Nc1cc(-c2ccc(S(=O)(=O)C3CC3)cc2)on1. The summed E-state index contributed by atoms with van der Waals surface area (Å²) in [7, 11) is -3.13. The largest absolute Gasteiger partial charge is 0.381 e. The van der Waals surface area contributed by atoms with E-state index in [9.17, 15) is 8.42 Å². The molecule has 0 radical (unpaired) electrons. The van der Waals surface area contributed by atoms with E-state index in [0.717, 1.165) is 18.4 Å². The molecule has 1 aliphatic rings. The van der Waals surface area contributed by atoms with Gasteiger partial charge in [-0.15, -0.1) is 0 Å². The molecule has 5 nitrogen and oxygen atoms in total. The third-order valence-electron chi connectivity index (χ3n) is 2.96. The summed E-state index contributed by atoms with van der Waals surface area (Å²) in [6, 6.07) is 8.21. The number of nitrogen functional groups attached to an aromatic ring is 1. The summed E-state index contributed by atoms with van der Waals surface area (Å²) in [6.45, 7) is 0. The molecule has 2 N–H and O–H groups in total. The fourth-order valence-electron chi connectivity index (χ4n) is 1.80. The van der Waals surface area contributed by atoms with Gasteiger partial charge in [-0.2, -0.15) is 0 Å². The molecule has 6 heteroatoms. The minimum atomic E-state index is -3.13. The van der Waals surface area contributed by atoms with Crippen molar-refractivity contribution in [2.24, 2.45) is 0 Å². The van der Waals surface area contributed by atoms with Gasteiger partial charge in [0.15, 0.2) is 21.4 Å². The maximum absolute atomic E-state index is 12.0. The zero-order valence-electron chi connectivity index (χ0n) is 9.54. The Labute approximate surface area is 105 Å². The van der Waals surface area contributed by atoms with Crippen molar-refractivity contribution in [1.82, 2.24) is 5.16 Å². The number of hydrogen-bond acceptors (Lipinski definition) is 5. The molecule has 1 aromatic carbocycles. The fourth-order valence-corrected chi connectivity index (χ4v) is 3.46. The second-order valence-electron chi connectivity index (χ2n) is 4.38. The van der Waals surface area contributed by atoms with Gasteiger partial charge in [-0.1, -0.05) is 5.16 Å². The van der Waals surface area contributed by atoms with Crippen molar-refractivity contribution < 1.29 is 12.9 Å². The van der Waals surface area contributed by atoms with E-state index in [1.807, 2.05) is 0 Å². The molecule has 18 heavy (non-hydrogen) atoms. The molecular weight excluding hydrogens is 252 g/mol. The number of sulfone groups is 1. The minimum Gasteiger partial charge on any atom is -0.381 e. The van der Waals surface area contributed by atoms with Gasteiger partial charge >= 0.3 is 0 Å². The molecule has 0 atom stereocenters. The molecular formula is C12H12N2O3S. The molecule has 0 bridgehead atoms.